The van der Waals surface area contributed by atoms with Crippen LogP contribution in [0.5, 0.6) is 0 Å². The van der Waals surface area contributed by atoms with E-state index >= 15 is 0 Å². The van der Waals surface area contributed by atoms with Crippen molar-refractivity contribution < 1.29 is 4.79 Å². The van der Waals surface area contributed by atoms with Crippen LogP contribution in [0.15, 0.2) is 0 Å². The Morgan fingerprint density at radius 1 is 1.13 bits per heavy atom. The number of Topliss-reactive ketones (excluding diaryl/α,β-unsaturated/α-hetero) is 1. The summed E-state index contributed by atoms with van der Waals surface area (Å²) < 4.78 is 0. The van der Waals surface area contributed by atoms with Crippen LogP contribution in [0.2, 0.25) is 0 Å². The Kier molecular flexibility index (Phi) is 3.45. The minimum atomic E-state index is 0.253. The average Bonchev–Trinajstić information content (AvgIpc) is 2.65. The second kappa shape index (κ2) is 4.65. The monoisotopic (exact) mass is 209 g/mol. The third-order valence-electron chi connectivity index (χ3n) is 4.33. The molecule has 0 amide bonds. The molecular formula is C13H23NO. The first-order valence-corrected chi connectivity index (χ1v) is 6.43. The zero-order chi connectivity index (χ0) is 10.8. The van der Waals surface area contributed by atoms with Crippen LogP contribution in [-0.4, -0.2) is 29.8 Å². The van der Waals surface area contributed by atoms with E-state index in [1.165, 1.54) is 25.7 Å². The van der Waals surface area contributed by atoms with E-state index in [0.717, 1.165) is 25.2 Å². The van der Waals surface area contributed by atoms with Crippen molar-refractivity contribution in [3.05, 3.63) is 0 Å². The second-order valence-electron chi connectivity index (χ2n) is 5.45. The maximum atomic E-state index is 11.7. The standard InChI is InChI=1S/C13H23NO/c1-10-6-8-11(9-7-10)14(2)12-4-3-5-13(12)15/h10-12H,3-9H2,1-2H3. The van der Waals surface area contributed by atoms with Crippen LogP contribution in [0.25, 0.3) is 0 Å². The van der Waals surface area contributed by atoms with Crippen LogP contribution in [-0.2, 0) is 4.79 Å². The summed E-state index contributed by atoms with van der Waals surface area (Å²) in [6.07, 6.45) is 8.30. The van der Waals surface area contributed by atoms with Crippen molar-refractivity contribution in [1.82, 2.24) is 4.90 Å². The van der Waals surface area contributed by atoms with Gasteiger partial charge in [-0.2, -0.15) is 0 Å². The normalized spacial score (nSPS) is 37.5. The summed E-state index contributed by atoms with van der Waals surface area (Å²) in [4.78, 5) is 14.1. The molecule has 2 nitrogen and oxygen atoms in total. The van der Waals surface area contributed by atoms with Crippen molar-refractivity contribution in [2.24, 2.45) is 5.92 Å². The Morgan fingerprint density at radius 2 is 1.80 bits per heavy atom. The number of hydrogen-bond donors (Lipinski definition) is 0. The summed E-state index contributed by atoms with van der Waals surface area (Å²) >= 11 is 0. The van der Waals surface area contributed by atoms with Gasteiger partial charge >= 0.3 is 0 Å². The van der Waals surface area contributed by atoms with Crippen molar-refractivity contribution in [2.45, 2.75) is 64.0 Å². The van der Waals surface area contributed by atoms with Gasteiger partial charge < -0.3 is 0 Å². The van der Waals surface area contributed by atoms with Gasteiger partial charge in [0.25, 0.3) is 0 Å². The number of hydrogen-bond acceptors (Lipinski definition) is 2. The quantitative estimate of drug-likeness (QED) is 0.697. The van der Waals surface area contributed by atoms with Gasteiger partial charge in [-0.25, -0.2) is 0 Å². The summed E-state index contributed by atoms with van der Waals surface area (Å²) in [6, 6.07) is 0.927. The molecule has 0 bridgehead atoms. The van der Waals surface area contributed by atoms with Crippen LogP contribution in [0.1, 0.15) is 51.9 Å². The van der Waals surface area contributed by atoms with Gasteiger partial charge in [0.05, 0.1) is 6.04 Å². The molecule has 1 atom stereocenters. The van der Waals surface area contributed by atoms with Gasteiger partial charge in [0, 0.05) is 12.5 Å². The van der Waals surface area contributed by atoms with Gasteiger partial charge in [0.1, 0.15) is 5.78 Å². The smallest absolute Gasteiger partial charge is 0.149 e. The highest BCUT2D eigenvalue weighted by atomic mass is 16.1. The molecule has 2 heteroatoms. The fourth-order valence-electron chi connectivity index (χ4n) is 3.13. The molecule has 2 aliphatic rings. The third kappa shape index (κ3) is 2.41. The lowest BCUT2D eigenvalue weighted by Crippen LogP contribution is -2.43. The SMILES string of the molecule is CC1CCC(N(C)C2CCCC2=O)CC1. The number of carbonyl (C=O) groups is 1. The fourth-order valence-corrected chi connectivity index (χ4v) is 3.13. The second-order valence-corrected chi connectivity index (χ2v) is 5.45. The zero-order valence-corrected chi connectivity index (χ0v) is 10.0. The maximum absolute atomic E-state index is 11.7. The van der Waals surface area contributed by atoms with E-state index in [9.17, 15) is 4.79 Å². The van der Waals surface area contributed by atoms with E-state index in [0.29, 0.717) is 11.8 Å². The molecule has 0 radical (unpaired) electrons. The maximum Gasteiger partial charge on any atom is 0.149 e. The molecule has 0 saturated heterocycles. The first kappa shape index (κ1) is 11.1. The van der Waals surface area contributed by atoms with Crippen LogP contribution >= 0.6 is 0 Å². The molecule has 0 aromatic carbocycles. The van der Waals surface area contributed by atoms with E-state index in [2.05, 4.69) is 18.9 Å². The number of likely N-dealkylation sites (N-methyl/N-ethyl adjacent to an activating group) is 1. The van der Waals surface area contributed by atoms with Gasteiger partial charge in [-0.3, -0.25) is 9.69 Å². The van der Waals surface area contributed by atoms with Crippen molar-refractivity contribution in [1.29, 1.82) is 0 Å². The molecule has 2 aliphatic carbocycles. The Morgan fingerprint density at radius 3 is 2.33 bits per heavy atom. The molecule has 0 N–H and O–H groups in total. The van der Waals surface area contributed by atoms with E-state index in [1.807, 2.05) is 0 Å². The first-order chi connectivity index (χ1) is 7.18. The van der Waals surface area contributed by atoms with Crippen LogP contribution in [0, 0.1) is 5.92 Å². The molecule has 2 rings (SSSR count). The largest absolute Gasteiger partial charge is 0.298 e. The molecule has 0 aromatic rings. The van der Waals surface area contributed by atoms with Crippen LogP contribution in [0.4, 0.5) is 0 Å². The molecule has 0 heterocycles. The predicted molar refractivity (Wildman–Crippen MR) is 61.8 cm³/mol. The highest BCUT2D eigenvalue weighted by molar-refractivity contribution is 5.85. The summed E-state index contributed by atoms with van der Waals surface area (Å²) in [5.41, 5.74) is 0. The number of rotatable bonds is 2. The Hall–Kier alpha value is -0.370. The van der Waals surface area contributed by atoms with E-state index in [4.69, 9.17) is 0 Å². The van der Waals surface area contributed by atoms with Gasteiger partial charge in [-0.15, -0.1) is 0 Å². The zero-order valence-electron chi connectivity index (χ0n) is 10.0. The van der Waals surface area contributed by atoms with Crippen molar-refractivity contribution >= 4 is 5.78 Å². The molecule has 0 aromatic heterocycles. The summed E-state index contributed by atoms with van der Waals surface area (Å²) in [5.74, 6) is 1.38. The highest BCUT2D eigenvalue weighted by Crippen LogP contribution is 2.30. The summed E-state index contributed by atoms with van der Waals surface area (Å²) in [5, 5.41) is 0. The Labute approximate surface area is 93.0 Å². The van der Waals surface area contributed by atoms with Crippen LogP contribution < -0.4 is 0 Å². The highest BCUT2D eigenvalue weighted by Gasteiger charge is 2.33. The lowest BCUT2D eigenvalue weighted by molar-refractivity contribution is -0.122. The van der Waals surface area contributed by atoms with Crippen molar-refractivity contribution in [3.8, 4) is 0 Å². The minimum Gasteiger partial charge on any atom is -0.298 e. The molecule has 86 valence electrons. The predicted octanol–water partition coefficient (Wildman–Crippen LogP) is 2.62. The lowest BCUT2D eigenvalue weighted by atomic mass is 9.86. The lowest BCUT2D eigenvalue weighted by Gasteiger charge is -2.36. The van der Waals surface area contributed by atoms with Crippen LogP contribution in [0.3, 0.4) is 0 Å². The molecular weight excluding hydrogens is 186 g/mol. The molecule has 1 unspecified atom stereocenters. The van der Waals surface area contributed by atoms with Gasteiger partial charge in [0.2, 0.25) is 0 Å². The van der Waals surface area contributed by atoms with Gasteiger partial charge in [0.15, 0.2) is 0 Å². The number of ketones is 1. The van der Waals surface area contributed by atoms with Gasteiger partial charge in [-0.1, -0.05) is 6.92 Å². The molecule has 2 fully saturated rings. The first-order valence-electron chi connectivity index (χ1n) is 6.43. The van der Waals surface area contributed by atoms with Crippen molar-refractivity contribution in [2.75, 3.05) is 7.05 Å². The third-order valence-corrected chi connectivity index (χ3v) is 4.33. The van der Waals surface area contributed by atoms with E-state index < -0.39 is 0 Å². The number of carbonyl (C=O) groups excluding carboxylic acids is 1. The number of nitrogens with zero attached hydrogens (tertiary/aromatic N) is 1. The average molecular weight is 209 g/mol. The van der Waals surface area contributed by atoms with Gasteiger partial charge in [-0.05, 0) is 51.5 Å². The fraction of sp³-hybridized carbons (Fsp3) is 0.923. The molecule has 0 spiro atoms. The minimum absolute atomic E-state index is 0.253. The molecule has 0 aliphatic heterocycles. The topological polar surface area (TPSA) is 20.3 Å². The van der Waals surface area contributed by atoms with E-state index in [1.54, 1.807) is 0 Å². The van der Waals surface area contributed by atoms with Crippen molar-refractivity contribution in [3.63, 3.8) is 0 Å². The molecule has 2 saturated carbocycles. The van der Waals surface area contributed by atoms with E-state index in [-0.39, 0.29) is 6.04 Å². The summed E-state index contributed by atoms with van der Waals surface area (Å²) in [6.45, 7) is 2.34. The molecule has 15 heavy (non-hydrogen) atoms. The summed E-state index contributed by atoms with van der Waals surface area (Å²) in [7, 11) is 2.16. The Bertz CT molecular complexity index is 231. The Balaban J connectivity index is 1.90.